The van der Waals surface area contributed by atoms with Crippen LogP contribution in [0.3, 0.4) is 0 Å². The van der Waals surface area contributed by atoms with E-state index in [1.165, 1.54) is 0 Å². The van der Waals surface area contributed by atoms with Gasteiger partial charge in [0.2, 0.25) is 5.91 Å². The zero-order valence-corrected chi connectivity index (χ0v) is 13.7. The fourth-order valence-corrected chi connectivity index (χ4v) is 2.65. The Kier molecular flexibility index (Phi) is 4.72. The predicted octanol–water partition coefficient (Wildman–Crippen LogP) is 2.55. The maximum absolute atomic E-state index is 12.5. The van der Waals surface area contributed by atoms with Gasteiger partial charge in [0.05, 0.1) is 0 Å². The first-order chi connectivity index (χ1) is 8.97. The van der Waals surface area contributed by atoms with Gasteiger partial charge in [-0.25, -0.2) is 4.79 Å². The molecule has 0 unspecified atom stereocenters. The number of nitrogens with zero attached hydrogens (tertiary/aromatic N) is 1. The minimum Gasteiger partial charge on any atom is -0.444 e. The summed E-state index contributed by atoms with van der Waals surface area (Å²) in [5.74, 6) is -0.123. The van der Waals surface area contributed by atoms with Crippen LogP contribution in [0.15, 0.2) is 0 Å². The van der Waals surface area contributed by atoms with Gasteiger partial charge in [-0.1, -0.05) is 20.8 Å². The molecule has 1 N–H and O–H groups in total. The zero-order valence-electron chi connectivity index (χ0n) is 13.7. The van der Waals surface area contributed by atoms with E-state index in [0.29, 0.717) is 6.42 Å². The number of rotatable bonds is 1. The molecule has 1 aliphatic rings. The summed E-state index contributed by atoms with van der Waals surface area (Å²) < 4.78 is 5.48. The Morgan fingerprint density at radius 2 is 1.65 bits per heavy atom. The molecular formula is C15H28N2O3. The van der Waals surface area contributed by atoms with E-state index in [1.54, 1.807) is 11.9 Å². The van der Waals surface area contributed by atoms with Crippen LogP contribution >= 0.6 is 0 Å². The van der Waals surface area contributed by atoms with Gasteiger partial charge in [0.1, 0.15) is 11.6 Å². The lowest BCUT2D eigenvalue weighted by Gasteiger charge is -2.38. The van der Waals surface area contributed by atoms with E-state index in [4.69, 9.17) is 4.74 Å². The summed E-state index contributed by atoms with van der Waals surface area (Å²) in [5, 5.41) is 2.64. The van der Waals surface area contributed by atoms with Crippen molar-refractivity contribution in [2.24, 2.45) is 5.41 Å². The van der Waals surface area contributed by atoms with Crippen molar-refractivity contribution in [3.05, 3.63) is 0 Å². The minimum atomic E-state index is -0.560. The summed E-state index contributed by atoms with van der Waals surface area (Å²) in [5.41, 5.74) is -0.644. The van der Waals surface area contributed by atoms with Gasteiger partial charge >= 0.3 is 6.09 Å². The summed E-state index contributed by atoms with van der Waals surface area (Å²) in [7, 11) is 1.60. The Labute approximate surface area is 122 Å². The lowest BCUT2D eigenvalue weighted by atomic mass is 9.85. The number of likely N-dealkylation sites (tertiary alicyclic amines) is 1. The van der Waals surface area contributed by atoms with Gasteiger partial charge in [-0.3, -0.25) is 9.69 Å². The lowest BCUT2D eigenvalue weighted by Crippen LogP contribution is -2.52. The smallest absolute Gasteiger partial charge is 0.411 e. The number of nitrogens with one attached hydrogen (secondary N) is 1. The van der Waals surface area contributed by atoms with Gasteiger partial charge in [0.25, 0.3) is 0 Å². The molecule has 1 heterocycles. The highest BCUT2D eigenvalue weighted by Gasteiger charge is 2.46. The molecule has 1 fully saturated rings. The van der Waals surface area contributed by atoms with E-state index in [0.717, 1.165) is 6.42 Å². The molecule has 0 bridgehead atoms. The predicted molar refractivity (Wildman–Crippen MR) is 78.4 cm³/mol. The van der Waals surface area contributed by atoms with E-state index in [2.05, 4.69) is 26.1 Å². The molecule has 0 aromatic rings. The van der Waals surface area contributed by atoms with Gasteiger partial charge in [0, 0.05) is 13.1 Å². The quantitative estimate of drug-likeness (QED) is 0.805. The monoisotopic (exact) mass is 284 g/mol. The average Bonchev–Trinajstić information content (AvgIpc) is 2.69. The topological polar surface area (TPSA) is 58.6 Å². The Bertz CT molecular complexity index is 380. The summed E-state index contributed by atoms with van der Waals surface area (Å²) in [6.45, 7) is 11.8. The van der Waals surface area contributed by atoms with Gasteiger partial charge in [0.15, 0.2) is 0 Å². The number of ether oxygens (including phenoxy) is 1. The van der Waals surface area contributed by atoms with Crippen LogP contribution in [0.25, 0.3) is 0 Å². The third-order valence-electron chi connectivity index (χ3n) is 3.54. The molecule has 5 heteroatoms. The summed E-state index contributed by atoms with van der Waals surface area (Å²) in [6.07, 6.45) is 1.10. The first-order valence-corrected chi connectivity index (χ1v) is 7.20. The minimum absolute atomic E-state index is 0.0136. The van der Waals surface area contributed by atoms with Crippen LogP contribution < -0.4 is 5.32 Å². The first kappa shape index (κ1) is 16.8. The molecule has 2 atom stereocenters. The molecule has 0 aliphatic carbocycles. The van der Waals surface area contributed by atoms with Gasteiger partial charge in [-0.05, 0) is 39.0 Å². The van der Waals surface area contributed by atoms with Crippen molar-refractivity contribution in [1.82, 2.24) is 10.2 Å². The fraction of sp³-hybridized carbons (Fsp3) is 0.867. The van der Waals surface area contributed by atoms with Crippen molar-refractivity contribution in [1.29, 1.82) is 0 Å². The molecule has 1 saturated heterocycles. The van der Waals surface area contributed by atoms with Crippen LogP contribution in [-0.4, -0.2) is 41.6 Å². The number of amides is 2. The molecule has 0 radical (unpaired) electrons. The SMILES string of the molecule is CNC(=O)[C@@H]1CC[C@H](C(C)(C)C)N1C(=O)OC(C)(C)C. The Balaban J connectivity index is 3.02. The van der Waals surface area contributed by atoms with E-state index in [1.807, 2.05) is 20.8 Å². The second kappa shape index (κ2) is 5.62. The van der Waals surface area contributed by atoms with Crippen molar-refractivity contribution in [2.75, 3.05) is 7.05 Å². The maximum atomic E-state index is 12.5. The molecule has 0 saturated carbocycles. The highest BCUT2D eigenvalue weighted by Crippen LogP contribution is 2.37. The van der Waals surface area contributed by atoms with Gasteiger partial charge < -0.3 is 10.1 Å². The van der Waals surface area contributed by atoms with Crippen molar-refractivity contribution in [3.8, 4) is 0 Å². The lowest BCUT2D eigenvalue weighted by molar-refractivity contribution is -0.125. The Morgan fingerprint density at radius 1 is 1.10 bits per heavy atom. The molecule has 1 aliphatic heterocycles. The maximum Gasteiger partial charge on any atom is 0.411 e. The van der Waals surface area contributed by atoms with Crippen LogP contribution in [0, 0.1) is 5.41 Å². The second-order valence-corrected chi connectivity index (χ2v) is 7.48. The third-order valence-corrected chi connectivity index (χ3v) is 3.54. The number of carbonyl (C=O) groups is 2. The Morgan fingerprint density at radius 3 is 2.05 bits per heavy atom. The van der Waals surface area contributed by atoms with Crippen LogP contribution in [0.2, 0.25) is 0 Å². The number of hydrogen-bond acceptors (Lipinski definition) is 3. The van der Waals surface area contributed by atoms with E-state index in [9.17, 15) is 9.59 Å². The van der Waals surface area contributed by atoms with Crippen LogP contribution in [0.4, 0.5) is 4.79 Å². The number of carbonyl (C=O) groups excluding carboxylic acids is 2. The highest BCUT2D eigenvalue weighted by molar-refractivity contribution is 5.86. The molecular weight excluding hydrogens is 256 g/mol. The molecule has 5 nitrogen and oxygen atoms in total. The van der Waals surface area contributed by atoms with Gasteiger partial charge in [-0.2, -0.15) is 0 Å². The van der Waals surface area contributed by atoms with Crippen molar-refractivity contribution >= 4 is 12.0 Å². The van der Waals surface area contributed by atoms with E-state index >= 15 is 0 Å². The van der Waals surface area contributed by atoms with Crippen molar-refractivity contribution < 1.29 is 14.3 Å². The third kappa shape index (κ3) is 3.87. The normalized spacial score (nSPS) is 23.6. The largest absolute Gasteiger partial charge is 0.444 e. The molecule has 20 heavy (non-hydrogen) atoms. The molecule has 1 rings (SSSR count). The molecule has 2 amide bonds. The van der Waals surface area contributed by atoms with Crippen molar-refractivity contribution in [2.45, 2.75) is 72.1 Å². The highest BCUT2D eigenvalue weighted by atomic mass is 16.6. The molecule has 0 aromatic heterocycles. The van der Waals surface area contributed by atoms with Gasteiger partial charge in [-0.15, -0.1) is 0 Å². The van der Waals surface area contributed by atoms with E-state index < -0.39 is 17.7 Å². The standard InChI is InChI=1S/C15H28N2O3/c1-14(2,3)11-9-8-10(12(18)16-7)17(11)13(19)20-15(4,5)6/h10-11H,8-9H2,1-7H3,(H,16,18)/t10-,11+/m0/s1. The average molecular weight is 284 g/mol. The van der Waals surface area contributed by atoms with Crippen LogP contribution in [0.1, 0.15) is 54.4 Å². The summed E-state index contributed by atoms with van der Waals surface area (Å²) >= 11 is 0. The summed E-state index contributed by atoms with van der Waals surface area (Å²) in [6, 6.07) is -0.418. The van der Waals surface area contributed by atoms with Crippen molar-refractivity contribution in [3.63, 3.8) is 0 Å². The fourth-order valence-electron chi connectivity index (χ4n) is 2.65. The molecule has 0 spiro atoms. The molecule has 0 aromatic carbocycles. The first-order valence-electron chi connectivity index (χ1n) is 7.20. The van der Waals surface area contributed by atoms with Crippen LogP contribution in [-0.2, 0) is 9.53 Å². The molecule has 116 valence electrons. The Hall–Kier alpha value is -1.26. The number of hydrogen-bond donors (Lipinski definition) is 1. The summed E-state index contributed by atoms with van der Waals surface area (Å²) in [4.78, 5) is 26.1. The second-order valence-electron chi connectivity index (χ2n) is 7.48. The van der Waals surface area contributed by atoms with E-state index in [-0.39, 0.29) is 17.4 Å². The number of likely N-dealkylation sites (N-methyl/N-ethyl adjacent to an activating group) is 1. The zero-order chi connectivity index (χ0) is 15.7. The van der Waals surface area contributed by atoms with Crippen LogP contribution in [0.5, 0.6) is 0 Å².